The van der Waals surface area contributed by atoms with Gasteiger partial charge in [-0.25, -0.2) is 4.79 Å². The summed E-state index contributed by atoms with van der Waals surface area (Å²) in [7, 11) is 0. The van der Waals surface area contributed by atoms with Crippen LogP contribution in [0.15, 0.2) is 17.1 Å². The van der Waals surface area contributed by atoms with Crippen molar-refractivity contribution in [3.05, 3.63) is 28.4 Å². The van der Waals surface area contributed by atoms with Gasteiger partial charge in [0.15, 0.2) is 0 Å². The summed E-state index contributed by atoms with van der Waals surface area (Å²) in [6.45, 7) is -3.44. The smallest absolute Gasteiger partial charge is 0.448 e. The Balaban J connectivity index is 2.98. The van der Waals surface area contributed by atoms with Gasteiger partial charge in [0.1, 0.15) is 0 Å². The molecule has 0 aliphatic rings. The highest BCUT2D eigenvalue weighted by atomic mass is 19.4. The van der Waals surface area contributed by atoms with Gasteiger partial charge >= 0.3 is 12.7 Å². The van der Waals surface area contributed by atoms with E-state index in [2.05, 4.69) is 4.98 Å². The number of aromatic nitrogens is 2. The molecule has 0 unspecified atom stereocenters. The van der Waals surface area contributed by atoms with Crippen LogP contribution in [0.1, 0.15) is 5.69 Å². The van der Waals surface area contributed by atoms with E-state index in [1.54, 1.807) is 6.92 Å². The Morgan fingerprint density at radius 1 is 1.54 bits per heavy atom. The highest BCUT2D eigenvalue weighted by Crippen LogP contribution is 2.09. The molecule has 0 spiro atoms. The van der Waals surface area contributed by atoms with Crippen LogP contribution in [0.25, 0.3) is 0 Å². The molecule has 0 amide bonds. The summed E-state index contributed by atoms with van der Waals surface area (Å²) in [5, 5.41) is 0. The molecule has 0 saturated heterocycles. The van der Waals surface area contributed by atoms with Crippen molar-refractivity contribution in [2.75, 3.05) is 0 Å². The fourth-order valence-corrected chi connectivity index (χ4v) is 0.876. The van der Waals surface area contributed by atoms with Crippen LogP contribution in [-0.4, -0.2) is 16.5 Å². The van der Waals surface area contributed by atoms with Crippen LogP contribution < -0.4 is 5.69 Å². The first-order valence-corrected chi connectivity index (χ1v) is 3.63. The summed E-state index contributed by atoms with van der Waals surface area (Å²) in [5.41, 5.74) is -0.449. The Morgan fingerprint density at radius 2 is 2.15 bits per heavy atom. The maximum absolute atomic E-state index is 11.9. The lowest BCUT2D eigenvalue weighted by Gasteiger charge is -2.14. The molecule has 3 nitrogen and oxygen atoms in total. The molecule has 0 radical (unpaired) electrons. The number of halogens is 3. The van der Waals surface area contributed by atoms with Crippen molar-refractivity contribution < 1.29 is 12.9 Å². The number of hydrogen-bond acceptors (Lipinski definition) is 2. The van der Waals surface area contributed by atoms with Gasteiger partial charge in [-0.15, -0.1) is 0 Å². The number of hydrogen-bond donors (Lipinski definition) is 0. The van der Waals surface area contributed by atoms with E-state index in [0.717, 1.165) is 6.20 Å². The predicted molar refractivity (Wildman–Crippen MR) is 42.3 cm³/mol. The minimum absolute atomic E-state index is 0.413. The molecule has 0 aromatic carbocycles. The lowest BCUT2D eigenvalue weighted by atomic mass is 9.92. The lowest BCUT2D eigenvalue weighted by molar-refractivity contribution is 0.441. The van der Waals surface area contributed by atoms with Gasteiger partial charge in [-0.2, -0.15) is 4.98 Å². The molecule has 1 heterocycles. The van der Waals surface area contributed by atoms with E-state index in [-0.39, 0.29) is 0 Å². The van der Waals surface area contributed by atoms with E-state index in [1.165, 1.54) is 6.07 Å². The Morgan fingerprint density at radius 3 is 2.62 bits per heavy atom. The third kappa shape index (κ3) is 2.92. The van der Waals surface area contributed by atoms with Crippen molar-refractivity contribution >= 4 is 6.98 Å². The van der Waals surface area contributed by atoms with Crippen LogP contribution in [0.2, 0.25) is 0 Å². The predicted octanol–water partition coefficient (Wildman–Crippen LogP) is 0.938. The molecule has 1 rings (SSSR count). The molecular formula is C6H7BF3N2O-. The second kappa shape index (κ2) is 3.23. The molecular weight excluding hydrogens is 184 g/mol. The van der Waals surface area contributed by atoms with E-state index in [0.29, 0.717) is 10.3 Å². The monoisotopic (exact) mass is 191 g/mol. The molecule has 0 N–H and O–H groups in total. The van der Waals surface area contributed by atoms with Crippen molar-refractivity contribution in [1.82, 2.24) is 9.55 Å². The highest BCUT2D eigenvalue weighted by molar-refractivity contribution is 6.57. The second-order valence-corrected chi connectivity index (χ2v) is 2.71. The van der Waals surface area contributed by atoms with E-state index >= 15 is 0 Å². The minimum Gasteiger partial charge on any atom is -0.448 e. The Labute approximate surface area is 72.3 Å². The molecule has 13 heavy (non-hydrogen) atoms. The minimum atomic E-state index is -4.99. The first-order chi connectivity index (χ1) is 5.88. The van der Waals surface area contributed by atoms with Gasteiger partial charge in [0.05, 0.1) is 0 Å². The van der Waals surface area contributed by atoms with Gasteiger partial charge in [0.25, 0.3) is 0 Å². The van der Waals surface area contributed by atoms with Crippen molar-refractivity contribution in [2.45, 2.75) is 13.4 Å². The standard InChI is InChI=1S/C6H7BF3N2O/c1-5-2-3-12(6(13)11-5)4-7(8,9)10/h2-3H,4H2,1H3/q-1. The molecule has 0 aliphatic carbocycles. The van der Waals surface area contributed by atoms with Crippen LogP contribution in [0, 0.1) is 6.92 Å². The fourth-order valence-electron chi connectivity index (χ4n) is 0.876. The van der Waals surface area contributed by atoms with E-state index in [1.807, 2.05) is 0 Å². The molecule has 0 fully saturated rings. The van der Waals surface area contributed by atoms with Gasteiger partial charge in [-0.3, -0.25) is 0 Å². The third-order valence-electron chi connectivity index (χ3n) is 1.42. The van der Waals surface area contributed by atoms with Crippen LogP contribution in [-0.2, 0) is 6.44 Å². The van der Waals surface area contributed by atoms with E-state index in [9.17, 15) is 17.7 Å². The van der Waals surface area contributed by atoms with Gasteiger partial charge in [-0.05, 0) is 19.4 Å². The van der Waals surface area contributed by atoms with Gasteiger partial charge in [-0.1, -0.05) is 0 Å². The molecule has 72 valence electrons. The molecule has 0 aliphatic heterocycles. The largest absolute Gasteiger partial charge is 0.497 e. The zero-order valence-corrected chi connectivity index (χ0v) is 6.88. The topological polar surface area (TPSA) is 34.9 Å². The van der Waals surface area contributed by atoms with E-state index < -0.39 is 19.1 Å². The highest BCUT2D eigenvalue weighted by Gasteiger charge is 2.23. The summed E-state index contributed by atoms with van der Waals surface area (Å²) in [4.78, 5) is 14.3. The summed E-state index contributed by atoms with van der Waals surface area (Å²) in [6.07, 6.45) is -0.133. The zero-order valence-electron chi connectivity index (χ0n) is 6.88. The van der Waals surface area contributed by atoms with Crippen molar-refractivity contribution in [3.63, 3.8) is 0 Å². The molecule has 7 heteroatoms. The first-order valence-electron chi connectivity index (χ1n) is 3.63. The van der Waals surface area contributed by atoms with Crippen LogP contribution >= 0.6 is 0 Å². The van der Waals surface area contributed by atoms with Crippen molar-refractivity contribution in [2.24, 2.45) is 0 Å². The Hall–Kier alpha value is -1.27. The van der Waals surface area contributed by atoms with Gasteiger partial charge < -0.3 is 17.5 Å². The van der Waals surface area contributed by atoms with Crippen molar-refractivity contribution in [1.29, 1.82) is 0 Å². The average Bonchev–Trinajstić information content (AvgIpc) is 1.93. The van der Waals surface area contributed by atoms with Gasteiger partial charge in [0.2, 0.25) is 0 Å². The maximum atomic E-state index is 11.9. The molecule has 0 bridgehead atoms. The third-order valence-corrected chi connectivity index (χ3v) is 1.42. The van der Waals surface area contributed by atoms with E-state index in [4.69, 9.17) is 0 Å². The molecule has 0 atom stereocenters. The summed E-state index contributed by atoms with van der Waals surface area (Å²) >= 11 is 0. The molecule has 1 aromatic rings. The lowest BCUT2D eigenvalue weighted by Crippen LogP contribution is -2.32. The number of aryl methyl sites for hydroxylation is 1. The first kappa shape index (κ1) is 9.82. The SMILES string of the molecule is Cc1ccn(C[B-](F)(F)F)c(=O)n1. The van der Waals surface area contributed by atoms with Crippen LogP contribution in [0.4, 0.5) is 12.9 Å². The summed E-state index contributed by atoms with van der Waals surface area (Å²) < 4.78 is 36.2. The number of nitrogens with zero attached hydrogens (tertiary/aromatic N) is 2. The Kier molecular flexibility index (Phi) is 2.44. The zero-order chi connectivity index (χ0) is 10.1. The van der Waals surface area contributed by atoms with Crippen LogP contribution in [0.3, 0.4) is 0 Å². The van der Waals surface area contributed by atoms with Crippen LogP contribution in [0.5, 0.6) is 0 Å². The van der Waals surface area contributed by atoms with Crippen molar-refractivity contribution in [3.8, 4) is 0 Å². The fraction of sp³-hybridized carbons (Fsp3) is 0.333. The average molecular weight is 191 g/mol. The normalized spacial score (nSPS) is 11.7. The Bertz CT molecular complexity index is 360. The van der Waals surface area contributed by atoms with Gasteiger partial charge in [0, 0.05) is 11.9 Å². The summed E-state index contributed by atoms with van der Waals surface area (Å²) in [6, 6.07) is 1.36. The molecule has 0 saturated carbocycles. The molecule has 1 aromatic heterocycles. The summed E-state index contributed by atoms with van der Waals surface area (Å²) in [5.74, 6) is 0. The quantitative estimate of drug-likeness (QED) is 0.651. The number of rotatable bonds is 2. The maximum Gasteiger partial charge on any atom is 0.497 e. The second-order valence-electron chi connectivity index (χ2n) is 2.71.